The summed E-state index contributed by atoms with van der Waals surface area (Å²) in [5, 5.41) is 4.14. The quantitative estimate of drug-likeness (QED) is 0.898. The lowest BCUT2D eigenvalue weighted by Gasteiger charge is -2.24. The maximum absolute atomic E-state index is 13.1. The first kappa shape index (κ1) is 13.7. The molecule has 0 fully saturated rings. The van der Waals surface area contributed by atoms with Crippen LogP contribution in [0.25, 0.3) is 0 Å². The first-order chi connectivity index (χ1) is 8.94. The number of halogens is 1. The fraction of sp³-hybridized carbons (Fsp3) is 0.400. The minimum absolute atomic E-state index is 0.208. The Labute approximate surface area is 113 Å². The molecule has 1 unspecified atom stereocenters. The fourth-order valence-electron chi connectivity index (χ4n) is 2.23. The van der Waals surface area contributed by atoms with Crippen LogP contribution in [0.5, 0.6) is 0 Å². The molecule has 3 nitrogen and oxygen atoms in total. The summed E-state index contributed by atoms with van der Waals surface area (Å²) in [6.07, 6.45) is 6.26. The Morgan fingerprint density at radius 1 is 1.37 bits per heavy atom. The second kappa shape index (κ2) is 5.53. The first-order valence-corrected chi connectivity index (χ1v) is 6.45. The van der Waals surface area contributed by atoms with E-state index in [2.05, 4.69) is 5.10 Å². The summed E-state index contributed by atoms with van der Waals surface area (Å²) in [6.45, 7) is 2.01. The summed E-state index contributed by atoms with van der Waals surface area (Å²) >= 11 is 0. The lowest BCUT2D eigenvalue weighted by atomic mass is 9.88. The van der Waals surface area contributed by atoms with Crippen molar-refractivity contribution in [1.29, 1.82) is 0 Å². The summed E-state index contributed by atoms with van der Waals surface area (Å²) in [5.74, 6) is -0.208. The van der Waals surface area contributed by atoms with Gasteiger partial charge in [0.15, 0.2) is 0 Å². The zero-order valence-corrected chi connectivity index (χ0v) is 11.4. The number of rotatable bonds is 5. The molecule has 0 bridgehead atoms. The highest BCUT2D eigenvalue weighted by molar-refractivity contribution is 5.19. The van der Waals surface area contributed by atoms with Crippen LogP contribution < -0.4 is 5.73 Å². The van der Waals surface area contributed by atoms with Gasteiger partial charge < -0.3 is 5.73 Å². The van der Waals surface area contributed by atoms with Crippen LogP contribution in [0.3, 0.4) is 0 Å². The lowest BCUT2D eigenvalue weighted by molar-refractivity contribution is 0.429. The van der Waals surface area contributed by atoms with Crippen LogP contribution in [0.1, 0.15) is 24.5 Å². The van der Waals surface area contributed by atoms with E-state index in [9.17, 15) is 4.39 Å². The van der Waals surface area contributed by atoms with Crippen LogP contribution in [0.2, 0.25) is 0 Å². The average Bonchev–Trinajstić information content (AvgIpc) is 2.72. The van der Waals surface area contributed by atoms with E-state index in [-0.39, 0.29) is 11.4 Å². The zero-order chi connectivity index (χ0) is 13.9. The van der Waals surface area contributed by atoms with Crippen LogP contribution in [-0.4, -0.2) is 15.3 Å². The smallest absolute Gasteiger partial charge is 0.123 e. The standard InChI is InChI=1S/C15H20FN3/c1-15(17,7-6-13-10-18-19(2)11-13)9-12-4-3-5-14(16)8-12/h3-5,8,10-11H,6-7,9,17H2,1-2H3. The van der Waals surface area contributed by atoms with Crippen LogP contribution in [0.15, 0.2) is 36.7 Å². The van der Waals surface area contributed by atoms with E-state index in [4.69, 9.17) is 5.73 Å². The zero-order valence-electron chi connectivity index (χ0n) is 11.4. The van der Waals surface area contributed by atoms with Gasteiger partial charge in [0.25, 0.3) is 0 Å². The summed E-state index contributed by atoms with van der Waals surface area (Å²) in [6, 6.07) is 6.64. The highest BCUT2D eigenvalue weighted by Crippen LogP contribution is 2.17. The molecule has 0 aliphatic heterocycles. The third kappa shape index (κ3) is 4.17. The summed E-state index contributed by atoms with van der Waals surface area (Å²) < 4.78 is 14.9. The summed E-state index contributed by atoms with van der Waals surface area (Å²) in [7, 11) is 1.90. The minimum atomic E-state index is -0.344. The van der Waals surface area contributed by atoms with Gasteiger partial charge >= 0.3 is 0 Å². The molecule has 0 radical (unpaired) electrons. The van der Waals surface area contributed by atoms with E-state index < -0.39 is 0 Å². The Bertz CT molecular complexity index is 546. The number of nitrogens with zero attached hydrogens (tertiary/aromatic N) is 2. The Balaban J connectivity index is 1.94. The largest absolute Gasteiger partial charge is 0.325 e. The van der Waals surface area contributed by atoms with Crippen molar-refractivity contribution in [3.63, 3.8) is 0 Å². The van der Waals surface area contributed by atoms with Gasteiger partial charge in [0.1, 0.15) is 5.82 Å². The maximum Gasteiger partial charge on any atom is 0.123 e. The van der Waals surface area contributed by atoms with E-state index in [1.807, 2.05) is 32.4 Å². The first-order valence-electron chi connectivity index (χ1n) is 6.45. The van der Waals surface area contributed by atoms with Gasteiger partial charge in [0, 0.05) is 18.8 Å². The minimum Gasteiger partial charge on any atom is -0.325 e. The molecule has 2 N–H and O–H groups in total. The van der Waals surface area contributed by atoms with Crippen molar-refractivity contribution in [2.45, 2.75) is 31.7 Å². The van der Waals surface area contributed by atoms with Crippen molar-refractivity contribution in [3.05, 3.63) is 53.6 Å². The molecule has 2 rings (SSSR count). The molecule has 19 heavy (non-hydrogen) atoms. The van der Waals surface area contributed by atoms with E-state index in [1.165, 1.54) is 11.6 Å². The molecule has 1 atom stereocenters. The van der Waals surface area contributed by atoms with Crippen molar-refractivity contribution in [1.82, 2.24) is 9.78 Å². The van der Waals surface area contributed by atoms with Gasteiger partial charge in [0.05, 0.1) is 6.20 Å². The molecule has 2 aromatic rings. The number of aromatic nitrogens is 2. The van der Waals surface area contributed by atoms with Crippen molar-refractivity contribution < 1.29 is 4.39 Å². The molecule has 1 aromatic carbocycles. The molecule has 0 aliphatic rings. The van der Waals surface area contributed by atoms with Gasteiger partial charge in [-0.1, -0.05) is 12.1 Å². The Kier molecular flexibility index (Phi) is 4.00. The number of aryl methyl sites for hydroxylation is 2. The Morgan fingerprint density at radius 2 is 2.16 bits per heavy atom. The highest BCUT2D eigenvalue weighted by Gasteiger charge is 2.19. The number of hydrogen-bond acceptors (Lipinski definition) is 2. The van der Waals surface area contributed by atoms with E-state index in [0.29, 0.717) is 6.42 Å². The van der Waals surface area contributed by atoms with Crippen LogP contribution in [0.4, 0.5) is 4.39 Å². The average molecular weight is 261 g/mol. The van der Waals surface area contributed by atoms with Crippen molar-refractivity contribution in [3.8, 4) is 0 Å². The molecule has 0 spiro atoms. The summed E-state index contributed by atoms with van der Waals surface area (Å²) in [5.41, 5.74) is 8.08. The van der Waals surface area contributed by atoms with Crippen molar-refractivity contribution in [2.24, 2.45) is 12.8 Å². The Hall–Kier alpha value is -1.68. The number of nitrogens with two attached hydrogens (primary N) is 1. The molecule has 4 heteroatoms. The molecular weight excluding hydrogens is 241 g/mol. The predicted octanol–water partition coefficient (Wildman–Crippen LogP) is 2.45. The summed E-state index contributed by atoms with van der Waals surface area (Å²) in [4.78, 5) is 0. The second-order valence-electron chi connectivity index (χ2n) is 5.48. The monoisotopic (exact) mass is 261 g/mol. The maximum atomic E-state index is 13.1. The molecular formula is C15H20FN3. The molecule has 0 amide bonds. The van der Waals surface area contributed by atoms with E-state index in [0.717, 1.165) is 18.4 Å². The highest BCUT2D eigenvalue weighted by atomic mass is 19.1. The molecule has 102 valence electrons. The molecule has 1 aromatic heterocycles. The fourth-order valence-corrected chi connectivity index (χ4v) is 2.23. The van der Waals surface area contributed by atoms with Gasteiger partial charge in [0.2, 0.25) is 0 Å². The normalized spacial score (nSPS) is 14.3. The van der Waals surface area contributed by atoms with Crippen LogP contribution >= 0.6 is 0 Å². The van der Waals surface area contributed by atoms with Gasteiger partial charge in [-0.3, -0.25) is 4.68 Å². The molecule has 0 saturated carbocycles. The molecule has 1 heterocycles. The number of hydrogen-bond donors (Lipinski definition) is 1. The lowest BCUT2D eigenvalue weighted by Crippen LogP contribution is -2.39. The Morgan fingerprint density at radius 3 is 2.79 bits per heavy atom. The van der Waals surface area contributed by atoms with Crippen LogP contribution in [0, 0.1) is 5.82 Å². The predicted molar refractivity (Wildman–Crippen MR) is 74.2 cm³/mol. The van der Waals surface area contributed by atoms with Crippen LogP contribution in [-0.2, 0) is 19.9 Å². The molecule has 0 aliphatic carbocycles. The van der Waals surface area contributed by atoms with Gasteiger partial charge in [-0.05, 0) is 49.4 Å². The van der Waals surface area contributed by atoms with E-state index in [1.54, 1.807) is 16.8 Å². The molecule has 0 saturated heterocycles. The topological polar surface area (TPSA) is 43.8 Å². The van der Waals surface area contributed by atoms with E-state index >= 15 is 0 Å². The third-order valence-corrected chi connectivity index (χ3v) is 3.24. The van der Waals surface area contributed by atoms with Gasteiger partial charge in [-0.25, -0.2) is 4.39 Å². The van der Waals surface area contributed by atoms with Gasteiger partial charge in [-0.2, -0.15) is 5.10 Å². The number of benzene rings is 1. The van der Waals surface area contributed by atoms with Crippen molar-refractivity contribution >= 4 is 0 Å². The second-order valence-corrected chi connectivity index (χ2v) is 5.48. The van der Waals surface area contributed by atoms with Crippen molar-refractivity contribution in [2.75, 3.05) is 0 Å². The third-order valence-electron chi connectivity index (χ3n) is 3.24. The van der Waals surface area contributed by atoms with Gasteiger partial charge in [-0.15, -0.1) is 0 Å². The SMILES string of the molecule is Cn1cc(CCC(C)(N)Cc2cccc(F)c2)cn1.